The lowest BCUT2D eigenvalue weighted by molar-refractivity contribution is -0.137. The van der Waals surface area contributed by atoms with E-state index in [0.717, 1.165) is 22.5 Å². The minimum Gasteiger partial charge on any atom is -0.372 e. The third-order valence-electron chi connectivity index (χ3n) is 4.59. The summed E-state index contributed by atoms with van der Waals surface area (Å²) >= 11 is 0. The van der Waals surface area contributed by atoms with Gasteiger partial charge in [0.05, 0.1) is 22.2 Å². The van der Waals surface area contributed by atoms with Crippen LogP contribution in [0.1, 0.15) is 11.1 Å². The van der Waals surface area contributed by atoms with E-state index in [1.54, 1.807) is 6.92 Å². The molecule has 1 aromatic heterocycles. The lowest BCUT2D eigenvalue weighted by Gasteiger charge is -2.15. The minimum atomic E-state index is -4.84. The molecule has 13 heteroatoms. The highest BCUT2D eigenvalue weighted by molar-refractivity contribution is 7.90. The maximum Gasteiger partial charge on any atom is 0.416 e. The molecule has 0 fully saturated rings. The van der Waals surface area contributed by atoms with Gasteiger partial charge in [-0.15, -0.1) is 0 Å². The third-order valence-corrected chi connectivity index (χ3v) is 6.97. The van der Waals surface area contributed by atoms with Crippen LogP contribution in [0.15, 0.2) is 63.2 Å². The van der Waals surface area contributed by atoms with Crippen LogP contribution in [0, 0.1) is 6.92 Å². The molecule has 0 radical (unpaired) electrons. The number of benzene rings is 2. The van der Waals surface area contributed by atoms with Crippen molar-refractivity contribution in [2.24, 2.45) is 7.05 Å². The Hall–Kier alpha value is -3.19. The van der Waals surface area contributed by atoms with Gasteiger partial charge >= 0.3 is 21.9 Å². The lowest BCUT2D eigenvalue weighted by atomic mass is 10.0. The van der Waals surface area contributed by atoms with Gasteiger partial charge in [0.1, 0.15) is 4.90 Å². The predicted octanol–water partition coefficient (Wildman–Crippen LogP) is 2.95. The van der Waals surface area contributed by atoms with Gasteiger partial charge in [0, 0.05) is 18.9 Å². The highest BCUT2D eigenvalue weighted by Gasteiger charge is 2.33. The second-order valence-corrected chi connectivity index (χ2v) is 10.7. The largest absolute Gasteiger partial charge is 0.416 e. The summed E-state index contributed by atoms with van der Waals surface area (Å²) in [5, 5.41) is 3.74. The van der Waals surface area contributed by atoms with Gasteiger partial charge in [0.2, 0.25) is 5.75 Å². The number of alkyl halides is 3. The molecule has 0 saturated heterocycles. The average molecular weight is 502 g/mol. The van der Waals surface area contributed by atoms with Crippen molar-refractivity contribution in [1.82, 2.24) is 9.78 Å². The average Bonchev–Trinajstić information content (AvgIpc) is 2.70. The van der Waals surface area contributed by atoms with Gasteiger partial charge in [-0.2, -0.15) is 26.7 Å². The number of sulfone groups is 1. The van der Waals surface area contributed by atoms with Crippen molar-refractivity contribution >= 4 is 20.0 Å². The first-order chi connectivity index (χ1) is 15.1. The molecule has 3 aromatic rings. The number of aromatic nitrogens is 2. The van der Waals surface area contributed by atoms with Crippen LogP contribution in [-0.4, -0.2) is 32.9 Å². The van der Waals surface area contributed by atoms with E-state index in [4.69, 9.17) is 4.18 Å². The molecule has 0 amide bonds. The van der Waals surface area contributed by atoms with Crippen LogP contribution in [0.4, 0.5) is 13.2 Å². The van der Waals surface area contributed by atoms with E-state index < -0.39 is 53.5 Å². The quantitative estimate of drug-likeness (QED) is 0.493. The zero-order valence-corrected chi connectivity index (χ0v) is 19.0. The zero-order chi connectivity index (χ0) is 24.8. The number of hydrogen-bond donors (Lipinski definition) is 0. The van der Waals surface area contributed by atoms with Gasteiger partial charge in [0.15, 0.2) is 9.84 Å². The standard InChI is InChI=1S/C20H17F3N2O6S2/c1-12-4-7-14(8-5-12)33(29,30)31-18-16(11-24-25(2)19(18)26)15-9-6-13(20(21,22)23)10-17(15)32(3,27)28/h4-11H,1-3H3. The summed E-state index contributed by atoms with van der Waals surface area (Å²) in [4.78, 5) is 11.6. The molecular weight excluding hydrogens is 485 g/mol. The summed E-state index contributed by atoms with van der Waals surface area (Å²) in [7, 11) is -7.60. The molecular formula is C20H17F3N2O6S2. The van der Waals surface area contributed by atoms with Crippen LogP contribution in [0.2, 0.25) is 0 Å². The molecule has 0 unspecified atom stereocenters. The van der Waals surface area contributed by atoms with Gasteiger partial charge < -0.3 is 4.18 Å². The second kappa shape index (κ2) is 8.30. The van der Waals surface area contributed by atoms with E-state index in [0.29, 0.717) is 18.4 Å². The normalized spacial score (nSPS) is 12.5. The summed E-state index contributed by atoms with van der Waals surface area (Å²) in [5.74, 6) is -0.808. The SMILES string of the molecule is Cc1ccc(S(=O)(=O)Oc2c(-c3ccc(C(F)(F)F)cc3S(C)(=O)=O)cnn(C)c2=O)cc1. The number of hydrogen-bond acceptors (Lipinski definition) is 7. The molecule has 0 bridgehead atoms. The van der Waals surface area contributed by atoms with E-state index in [1.807, 2.05) is 0 Å². The molecule has 0 spiro atoms. The molecule has 0 N–H and O–H groups in total. The van der Waals surface area contributed by atoms with Gasteiger partial charge in [0.25, 0.3) is 0 Å². The molecule has 2 aromatic carbocycles. The van der Waals surface area contributed by atoms with Crippen molar-refractivity contribution in [3.8, 4) is 16.9 Å². The smallest absolute Gasteiger partial charge is 0.372 e. The minimum absolute atomic E-state index is 0.284. The Morgan fingerprint density at radius 3 is 2.12 bits per heavy atom. The number of halogens is 3. The predicted molar refractivity (Wildman–Crippen MR) is 112 cm³/mol. The van der Waals surface area contributed by atoms with Gasteiger partial charge in [-0.1, -0.05) is 23.8 Å². The molecule has 0 aliphatic rings. The molecule has 176 valence electrons. The van der Waals surface area contributed by atoms with Gasteiger partial charge in [-0.05, 0) is 31.2 Å². The van der Waals surface area contributed by atoms with Crippen molar-refractivity contribution in [3.63, 3.8) is 0 Å². The fraction of sp³-hybridized carbons (Fsp3) is 0.200. The Morgan fingerprint density at radius 1 is 0.970 bits per heavy atom. The van der Waals surface area contributed by atoms with Crippen LogP contribution in [0.5, 0.6) is 5.75 Å². The van der Waals surface area contributed by atoms with Crippen molar-refractivity contribution in [1.29, 1.82) is 0 Å². The van der Waals surface area contributed by atoms with Crippen LogP contribution in [-0.2, 0) is 33.2 Å². The van der Waals surface area contributed by atoms with Crippen molar-refractivity contribution in [2.45, 2.75) is 22.9 Å². The highest BCUT2D eigenvalue weighted by atomic mass is 32.2. The Morgan fingerprint density at radius 2 is 1.58 bits per heavy atom. The van der Waals surface area contributed by atoms with Crippen LogP contribution in [0.3, 0.4) is 0 Å². The maximum atomic E-state index is 13.2. The van der Waals surface area contributed by atoms with Crippen molar-refractivity contribution < 1.29 is 34.2 Å². The van der Waals surface area contributed by atoms with E-state index >= 15 is 0 Å². The van der Waals surface area contributed by atoms with Crippen molar-refractivity contribution in [2.75, 3.05) is 6.26 Å². The molecule has 0 saturated carbocycles. The summed E-state index contributed by atoms with van der Waals surface area (Å²) in [6, 6.07) is 7.33. The summed E-state index contributed by atoms with van der Waals surface area (Å²) < 4.78 is 95.4. The number of nitrogens with zero attached hydrogens (tertiary/aromatic N) is 2. The van der Waals surface area contributed by atoms with Crippen LogP contribution < -0.4 is 9.74 Å². The monoisotopic (exact) mass is 502 g/mol. The highest BCUT2D eigenvalue weighted by Crippen LogP contribution is 2.37. The first-order valence-corrected chi connectivity index (χ1v) is 12.4. The van der Waals surface area contributed by atoms with E-state index in [1.165, 1.54) is 31.3 Å². The molecule has 0 aliphatic heterocycles. The zero-order valence-electron chi connectivity index (χ0n) is 17.4. The summed E-state index contributed by atoms with van der Waals surface area (Å²) in [6.45, 7) is 1.73. The number of rotatable bonds is 5. The van der Waals surface area contributed by atoms with E-state index in [9.17, 15) is 34.8 Å². The molecule has 0 aliphatic carbocycles. The Bertz CT molecular complexity index is 1490. The molecule has 0 atom stereocenters. The summed E-state index contributed by atoms with van der Waals surface area (Å²) in [6.07, 6.45) is -3.21. The second-order valence-electron chi connectivity index (χ2n) is 7.15. The van der Waals surface area contributed by atoms with Gasteiger partial charge in [-0.25, -0.2) is 13.1 Å². The molecule has 1 heterocycles. The van der Waals surface area contributed by atoms with E-state index in [2.05, 4.69) is 5.10 Å². The lowest BCUT2D eigenvalue weighted by Crippen LogP contribution is -2.25. The third kappa shape index (κ3) is 5.09. The Balaban J connectivity index is 2.28. The van der Waals surface area contributed by atoms with Crippen LogP contribution >= 0.6 is 0 Å². The Labute approximate surface area is 187 Å². The fourth-order valence-corrected chi connectivity index (χ4v) is 4.75. The number of aryl methyl sites for hydroxylation is 2. The first kappa shape index (κ1) is 24.5. The van der Waals surface area contributed by atoms with Crippen molar-refractivity contribution in [3.05, 3.63) is 70.1 Å². The topological polar surface area (TPSA) is 112 Å². The summed E-state index contributed by atoms with van der Waals surface area (Å²) in [5.41, 5.74) is -2.29. The van der Waals surface area contributed by atoms with Crippen LogP contribution in [0.25, 0.3) is 11.1 Å². The first-order valence-electron chi connectivity index (χ1n) is 9.10. The Kier molecular flexibility index (Phi) is 6.15. The van der Waals surface area contributed by atoms with Gasteiger partial charge in [-0.3, -0.25) is 4.79 Å². The van der Waals surface area contributed by atoms with E-state index in [-0.39, 0.29) is 10.5 Å². The molecule has 8 nitrogen and oxygen atoms in total. The molecule has 3 rings (SSSR count). The maximum absolute atomic E-state index is 13.2. The molecule has 33 heavy (non-hydrogen) atoms. The fourth-order valence-electron chi connectivity index (χ4n) is 2.88.